The Morgan fingerprint density at radius 3 is 2.67 bits per heavy atom. The van der Waals surface area contributed by atoms with E-state index in [0.29, 0.717) is 10.4 Å². The Balaban J connectivity index is 2.08. The Kier molecular flexibility index (Phi) is 4.04. The Morgan fingerprint density at radius 2 is 2.11 bits per heavy atom. The largest absolute Gasteiger partial charge is 0.446 e. The van der Waals surface area contributed by atoms with Crippen LogP contribution in [0.15, 0.2) is 39.4 Å². The number of carbonyl (C=O) groups is 1. The maximum atomic E-state index is 11.8. The van der Waals surface area contributed by atoms with Crippen LogP contribution in [0.3, 0.4) is 0 Å². The number of nitrogens with zero attached hydrogens (tertiary/aromatic N) is 1. The maximum Gasteiger partial charge on any atom is 0.221 e. The van der Waals surface area contributed by atoms with Crippen LogP contribution in [0, 0.1) is 0 Å². The van der Waals surface area contributed by atoms with Crippen molar-refractivity contribution in [2.24, 2.45) is 0 Å². The number of hydrogen-bond acceptors (Lipinski definition) is 4. The van der Waals surface area contributed by atoms with Gasteiger partial charge in [-0.15, -0.1) is 11.3 Å². The molecule has 0 fully saturated rings. The van der Waals surface area contributed by atoms with Crippen LogP contribution in [0.2, 0.25) is 0 Å². The van der Waals surface area contributed by atoms with Crippen molar-refractivity contribution in [3.05, 3.63) is 45.6 Å². The van der Waals surface area contributed by atoms with E-state index in [9.17, 15) is 4.79 Å². The first-order valence-corrected chi connectivity index (χ1v) is 6.92. The lowest BCUT2D eigenvalue weighted by molar-refractivity contribution is 0.102. The molecule has 0 aliphatic carbocycles. The summed E-state index contributed by atoms with van der Waals surface area (Å²) in [5.41, 5.74) is 0. The van der Waals surface area contributed by atoms with Gasteiger partial charge in [-0.05, 0) is 52.3 Å². The van der Waals surface area contributed by atoms with Gasteiger partial charge in [-0.2, -0.15) is 0 Å². The van der Waals surface area contributed by atoms with Crippen molar-refractivity contribution in [3.63, 3.8) is 0 Å². The number of anilines is 1. The summed E-state index contributed by atoms with van der Waals surface area (Å²) in [5.74, 6) is 0.197. The first-order chi connectivity index (χ1) is 8.56. The number of ketones is 1. The molecule has 0 aliphatic heterocycles. The summed E-state index contributed by atoms with van der Waals surface area (Å²) in [6, 6.07) is 7.37. The molecule has 2 rings (SSSR count). The van der Waals surface area contributed by atoms with Crippen LogP contribution in [0.5, 0.6) is 0 Å². The van der Waals surface area contributed by atoms with Gasteiger partial charge < -0.3 is 9.32 Å². The van der Waals surface area contributed by atoms with Crippen LogP contribution in [-0.2, 0) is 0 Å². The molecule has 0 saturated carbocycles. The van der Waals surface area contributed by atoms with E-state index in [1.54, 1.807) is 29.5 Å². The van der Waals surface area contributed by atoms with E-state index in [1.165, 1.54) is 6.08 Å². The third-order valence-electron chi connectivity index (χ3n) is 2.27. The van der Waals surface area contributed by atoms with Gasteiger partial charge in [-0.3, -0.25) is 4.79 Å². The smallest absolute Gasteiger partial charge is 0.221 e. The molecule has 2 heterocycles. The zero-order valence-electron chi connectivity index (χ0n) is 10.0. The standard InChI is InChI=1S/C13H12BrNO2S/c1-15(2)13-8-4-9(18-13)3-5-10(16)11-6-7-12(14)17-11/h3-8H,1-2H3/b5-3+. The minimum Gasteiger partial charge on any atom is -0.446 e. The van der Waals surface area contributed by atoms with Gasteiger partial charge >= 0.3 is 0 Å². The fourth-order valence-corrected chi connectivity index (χ4v) is 2.50. The number of halogens is 1. The normalized spacial score (nSPS) is 11.1. The van der Waals surface area contributed by atoms with Gasteiger partial charge in [-0.1, -0.05) is 0 Å². The summed E-state index contributed by atoms with van der Waals surface area (Å²) in [6.07, 6.45) is 3.33. The third-order valence-corrected chi connectivity index (χ3v) is 3.91. The van der Waals surface area contributed by atoms with Crippen molar-refractivity contribution in [1.82, 2.24) is 0 Å². The van der Waals surface area contributed by atoms with Crippen LogP contribution in [0.4, 0.5) is 5.00 Å². The molecule has 18 heavy (non-hydrogen) atoms. The molecule has 5 heteroatoms. The number of hydrogen-bond donors (Lipinski definition) is 0. The predicted octanol–water partition coefficient (Wildman–Crippen LogP) is 4.07. The van der Waals surface area contributed by atoms with Crippen LogP contribution < -0.4 is 4.90 Å². The Morgan fingerprint density at radius 1 is 1.33 bits per heavy atom. The molecule has 0 amide bonds. The molecule has 0 unspecified atom stereocenters. The first-order valence-electron chi connectivity index (χ1n) is 5.31. The van der Waals surface area contributed by atoms with Gasteiger partial charge in [0.1, 0.15) is 0 Å². The van der Waals surface area contributed by atoms with Crippen molar-refractivity contribution >= 4 is 44.1 Å². The number of allylic oxidation sites excluding steroid dienone is 1. The molecule has 0 spiro atoms. The summed E-state index contributed by atoms with van der Waals surface area (Å²) in [6.45, 7) is 0. The molecule has 0 N–H and O–H groups in total. The van der Waals surface area contributed by atoms with Crippen molar-refractivity contribution in [1.29, 1.82) is 0 Å². The molecule has 2 aromatic rings. The summed E-state index contributed by atoms with van der Waals surface area (Å²) < 4.78 is 5.75. The average Bonchev–Trinajstić information content (AvgIpc) is 2.94. The molecule has 0 saturated heterocycles. The van der Waals surface area contributed by atoms with E-state index < -0.39 is 0 Å². The molecule has 0 atom stereocenters. The summed E-state index contributed by atoms with van der Waals surface area (Å²) in [7, 11) is 3.98. The quantitative estimate of drug-likeness (QED) is 0.627. The third kappa shape index (κ3) is 3.11. The molecule has 0 aromatic carbocycles. The monoisotopic (exact) mass is 325 g/mol. The molecule has 0 aliphatic rings. The summed E-state index contributed by atoms with van der Waals surface area (Å²) in [5, 5.41) is 1.16. The average molecular weight is 326 g/mol. The number of carbonyl (C=O) groups excluding carboxylic acids is 1. The molecule has 94 valence electrons. The van der Waals surface area contributed by atoms with Gasteiger partial charge in [0.15, 0.2) is 10.4 Å². The van der Waals surface area contributed by atoms with Crippen molar-refractivity contribution in [2.45, 2.75) is 0 Å². The van der Waals surface area contributed by atoms with Crippen LogP contribution in [0.25, 0.3) is 6.08 Å². The lowest BCUT2D eigenvalue weighted by Crippen LogP contribution is -2.05. The molecule has 0 bridgehead atoms. The van der Waals surface area contributed by atoms with E-state index in [0.717, 1.165) is 9.88 Å². The number of thiophene rings is 1. The topological polar surface area (TPSA) is 33.5 Å². The number of furan rings is 1. The Bertz CT molecular complexity index is 583. The van der Waals surface area contributed by atoms with Crippen molar-refractivity contribution in [3.8, 4) is 0 Å². The maximum absolute atomic E-state index is 11.8. The van der Waals surface area contributed by atoms with Gasteiger partial charge in [0.25, 0.3) is 0 Å². The van der Waals surface area contributed by atoms with Crippen LogP contribution in [-0.4, -0.2) is 19.9 Å². The van der Waals surface area contributed by atoms with E-state index >= 15 is 0 Å². The highest BCUT2D eigenvalue weighted by Crippen LogP contribution is 2.25. The first kappa shape index (κ1) is 13.1. The lowest BCUT2D eigenvalue weighted by atomic mass is 10.2. The van der Waals surface area contributed by atoms with Crippen molar-refractivity contribution < 1.29 is 9.21 Å². The van der Waals surface area contributed by atoms with Gasteiger partial charge in [0.05, 0.1) is 5.00 Å². The minimum absolute atomic E-state index is 0.138. The highest BCUT2D eigenvalue weighted by Gasteiger charge is 2.07. The Labute approximate surface area is 118 Å². The van der Waals surface area contributed by atoms with E-state index in [1.807, 2.05) is 31.1 Å². The molecule has 0 radical (unpaired) electrons. The second kappa shape index (κ2) is 5.54. The van der Waals surface area contributed by atoms with Crippen LogP contribution >= 0.6 is 27.3 Å². The molecule has 2 aromatic heterocycles. The molecular formula is C13H12BrNO2S. The lowest BCUT2D eigenvalue weighted by Gasteiger charge is -2.06. The van der Waals surface area contributed by atoms with Crippen LogP contribution in [0.1, 0.15) is 15.4 Å². The van der Waals surface area contributed by atoms with E-state index in [2.05, 4.69) is 15.9 Å². The zero-order valence-corrected chi connectivity index (χ0v) is 12.4. The highest BCUT2D eigenvalue weighted by molar-refractivity contribution is 9.10. The van der Waals surface area contributed by atoms with E-state index in [-0.39, 0.29) is 5.78 Å². The van der Waals surface area contributed by atoms with Gasteiger partial charge in [0.2, 0.25) is 5.78 Å². The van der Waals surface area contributed by atoms with Gasteiger partial charge in [0, 0.05) is 19.0 Å². The molecule has 3 nitrogen and oxygen atoms in total. The predicted molar refractivity (Wildman–Crippen MR) is 78.4 cm³/mol. The van der Waals surface area contributed by atoms with Gasteiger partial charge in [-0.25, -0.2) is 0 Å². The Hall–Kier alpha value is -1.33. The molecular weight excluding hydrogens is 314 g/mol. The van der Waals surface area contributed by atoms with E-state index in [4.69, 9.17) is 4.42 Å². The second-order valence-corrected chi connectivity index (χ2v) is 5.75. The SMILES string of the molecule is CN(C)c1ccc(/C=C/C(=O)c2ccc(Br)o2)s1. The fraction of sp³-hybridized carbons (Fsp3) is 0.154. The summed E-state index contributed by atoms with van der Waals surface area (Å²) >= 11 is 4.80. The zero-order chi connectivity index (χ0) is 13.1. The van der Waals surface area contributed by atoms with Crippen molar-refractivity contribution in [2.75, 3.05) is 19.0 Å². The summed E-state index contributed by atoms with van der Waals surface area (Å²) in [4.78, 5) is 14.8. The number of rotatable bonds is 4. The highest BCUT2D eigenvalue weighted by atomic mass is 79.9. The fourth-order valence-electron chi connectivity index (χ4n) is 1.36. The minimum atomic E-state index is -0.138. The second-order valence-electron chi connectivity index (χ2n) is 3.87.